The zero-order chi connectivity index (χ0) is 15.5. The molecule has 1 amide bonds. The summed E-state index contributed by atoms with van der Waals surface area (Å²) in [5.74, 6) is 1.12. The van der Waals surface area contributed by atoms with Crippen LogP contribution < -0.4 is 4.72 Å². The van der Waals surface area contributed by atoms with Crippen molar-refractivity contribution >= 4 is 23.0 Å². The van der Waals surface area contributed by atoms with E-state index in [1.807, 2.05) is 4.90 Å². The highest BCUT2D eigenvalue weighted by molar-refractivity contribution is 7.80. The van der Waals surface area contributed by atoms with Gasteiger partial charge in [0.1, 0.15) is 5.82 Å². The normalized spacial score (nSPS) is 20.7. The highest BCUT2D eigenvalue weighted by atomic mass is 32.2. The van der Waals surface area contributed by atoms with Crippen LogP contribution >= 0.6 is 0 Å². The zero-order valence-electron chi connectivity index (χ0n) is 12.3. The minimum absolute atomic E-state index is 0.0322. The quantitative estimate of drug-likeness (QED) is 0.783. The second-order valence-electron chi connectivity index (χ2n) is 5.82. The number of hydrogen-bond acceptors (Lipinski definition) is 4. The van der Waals surface area contributed by atoms with Gasteiger partial charge < -0.3 is 4.90 Å². The average molecular weight is 324 g/mol. The Morgan fingerprint density at radius 2 is 2.05 bits per heavy atom. The molecule has 120 valence electrons. The molecule has 3 rings (SSSR count). The minimum atomic E-state index is -2.16. The van der Waals surface area contributed by atoms with E-state index >= 15 is 0 Å². The van der Waals surface area contributed by atoms with E-state index < -0.39 is 11.3 Å². The van der Waals surface area contributed by atoms with Crippen molar-refractivity contribution in [3.05, 3.63) is 23.9 Å². The largest absolute Gasteiger partial charge is 0.336 e. The molecule has 7 nitrogen and oxygen atoms in total. The van der Waals surface area contributed by atoms with Crippen molar-refractivity contribution in [1.82, 2.24) is 14.8 Å². The molecule has 0 bridgehead atoms. The lowest BCUT2D eigenvalue weighted by molar-refractivity contribution is 0.0631. The molecule has 2 heterocycles. The fourth-order valence-corrected chi connectivity index (χ4v) is 2.95. The topological polar surface area (TPSA) is 85.8 Å². The highest BCUT2D eigenvalue weighted by Gasteiger charge is 2.27. The first-order valence-corrected chi connectivity index (χ1v) is 8.57. The summed E-state index contributed by atoms with van der Waals surface area (Å²) >= 11 is -2.16. The molecule has 1 aromatic rings. The van der Waals surface area contributed by atoms with Crippen molar-refractivity contribution in [3.8, 4) is 0 Å². The smallest absolute Gasteiger partial charge is 0.260 e. The number of amides is 1. The molecule has 2 fully saturated rings. The van der Waals surface area contributed by atoms with Gasteiger partial charge in [0.25, 0.3) is 17.2 Å². The Morgan fingerprint density at radius 3 is 2.59 bits per heavy atom. The number of hydrogen-bond donors (Lipinski definition) is 2. The van der Waals surface area contributed by atoms with E-state index in [1.165, 1.54) is 31.6 Å². The number of pyridine rings is 1. The summed E-state index contributed by atoms with van der Waals surface area (Å²) in [4.78, 5) is 20.7. The van der Waals surface area contributed by atoms with E-state index in [0.29, 0.717) is 5.56 Å². The average Bonchev–Trinajstić information content (AvgIpc) is 3.31. The Hall–Kier alpha value is -1.51. The van der Waals surface area contributed by atoms with Gasteiger partial charge in [-0.3, -0.25) is 19.0 Å². The summed E-state index contributed by atoms with van der Waals surface area (Å²) < 4.78 is 21.6. The molecular formula is C14H20N4O3S. The summed E-state index contributed by atoms with van der Waals surface area (Å²) in [6, 6.07) is 3.16. The maximum absolute atomic E-state index is 12.4. The molecule has 0 spiro atoms. The van der Waals surface area contributed by atoms with Crippen LogP contribution in [-0.2, 0) is 11.3 Å². The molecule has 1 aliphatic carbocycles. The van der Waals surface area contributed by atoms with Crippen LogP contribution in [0, 0.1) is 5.92 Å². The first-order valence-electron chi connectivity index (χ1n) is 7.47. The number of carbonyl (C=O) groups excluding carboxylic acids is 1. The number of nitrogens with zero attached hydrogens (tertiary/aromatic N) is 3. The Balaban J connectivity index is 1.53. The predicted molar refractivity (Wildman–Crippen MR) is 83.7 cm³/mol. The second-order valence-corrected chi connectivity index (χ2v) is 6.52. The Bertz CT molecular complexity index is 554. The SMILES string of the molecule is O=C(c1ccc(NS(=O)O)nc1)N1CCN(CC2CC2)CC1. The maximum atomic E-state index is 12.4. The van der Waals surface area contributed by atoms with Gasteiger partial charge in [0, 0.05) is 38.9 Å². The third kappa shape index (κ3) is 4.02. The van der Waals surface area contributed by atoms with Crippen LogP contribution in [0.4, 0.5) is 5.82 Å². The third-order valence-electron chi connectivity index (χ3n) is 4.08. The van der Waals surface area contributed by atoms with Gasteiger partial charge in [0.2, 0.25) is 0 Å². The van der Waals surface area contributed by atoms with Crippen LogP contribution in [-0.4, -0.2) is 62.2 Å². The third-order valence-corrected chi connectivity index (χ3v) is 4.46. The molecule has 22 heavy (non-hydrogen) atoms. The lowest BCUT2D eigenvalue weighted by atomic mass is 10.2. The number of piperazine rings is 1. The lowest BCUT2D eigenvalue weighted by Gasteiger charge is -2.34. The lowest BCUT2D eigenvalue weighted by Crippen LogP contribution is -2.49. The monoisotopic (exact) mass is 324 g/mol. The fourth-order valence-electron chi connectivity index (χ4n) is 2.65. The predicted octanol–water partition coefficient (Wildman–Crippen LogP) is 0.798. The molecule has 1 aromatic heterocycles. The van der Waals surface area contributed by atoms with Crippen LogP contribution in [0.1, 0.15) is 23.2 Å². The highest BCUT2D eigenvalue weighted by Crippen LogP contribution is 2.29. The van der Waals surface area contributed by atoms with Gasteiger partial charge in [-0.05, 0) is 30.9 Å². The van der Waals surface area contributed by atoms with Crippen molar-refractivity contribution < 1.29 is 13.6 Å². The molecule has 2 aliphatic rings. The van der Waals surface area contributed by atoms with E-state index in [0.717, 1.165) is 32.1 Å². The summed E-state index contributed by atoms with van der Waals surface area (Å²) in [7, 11) is 0. The van der Waals surface area contributed by atoms with Gasteiger partial charge in [-0.1, -0.05) is 0 Å². The van der Waals surface area contributed by atoms with E-state index in [9.17, 15) is 9.00 Å². The summed E-state index contributed by atoms with van der Waals surface area (Å²) in [5, 5.41) is 0. The summed E-state index contributed by atoms with van der Waals surface area (Å²) in [6.45, 7) is 4.51. The van der Waals surface area contributed by atoms with Crippen LogP contribution in [0.3, 0.4) is 0 Å². The van der Waals surface area contributed by atoms with Gasteiger partial charge in [0.05, 0.1) is 5.56 Å². The molecule has 1 aliphatic heterocycles. The van der Waals surface area contributed by atoms with E-state index in [2.05, 4.69) is 14.6 Å². The maximum Gasteiger partial charge on any atom is 0.260 e. The molecule has 1 unspecified atom stereocenters. The molecule has 1 atom stereocenters. The molecule has 0 aromatic carbocycles. The Morgan fingerprint density at radius 1 is 1.32 bits per heavy atom. The van der Waals surface area contributed by atoms with E-state index in [4.69, 9.17) is 4.55 Å². The number of carbonyl (C=O) groups is 1. The van der Waals surface area contributed by atoms with Crippen LogP contribution in [0.15, 0.2) is 18.3 Å². The van der Waals surface area contributed by atoms with Gasteiger partial charge >= 0.3 is 0 Å². The van der Waals surface area contributed by atoms with Crippen LogP contribution in [0.25, 0.3) is 0 Å². The number of nitrogens with one attached hydrogen (secondary N) is 1. The van der Waals surface area contributed by atoms with E-state index in [1.54, 1.807) is 6.07 Å². The van der Waals surface area contributed by atoms with Crippen molar-refractivity contribution in [2.75, 3.05) is 37.4 Å². The fraction of sp³-hybridized carbons (Fsp3) is 0.571. The minimum Gasteiger partial charge on any atom is -0.336 e. The first kappa shape index (κ1) is 15.4. The molecule has 8 heteroatoms. The van der Waals surface area contributed by atoms with Crippen LogP contribution in [0.2, 0.25) is 0 Å². The molecule has 1 saturated carbocycles. The number of rotatable bonds is 5. The molecular weight excluding hydrogens is 304 g/mol. The Kier molecular flexibility index (Phi) is 4.70. The van der Waals surface area contributed by atoms with Gasteiger partial charge in [-0.15, -0.1) is 0 Å². The molecule has 2 N–H and O–H groups in total. The van der Waals surface area contributed by atoms with E-state index in [-0.39, 0.29) is 11.7 Å². The summed E-state index contributed by atoms with van der Waals surface area (Å²) in [6.07, 6.45) is 4.14. The van der Waals surface area contributed by atoms with Gasteiger partial charge in [-0.25, -0.2) is 9.19 Å². The molecule has 1 saturated heterocycles. The van der Waals surface area contributed by atoms with Gasteiger partial charge in [-0.2, -0.15) is 0 Å². The number of aromatic nitrogens is 1. The van der Waals surface area contributed by atoms with Crippen molar-refractivity contribution in [3.63, 3.8) is 0 Å². The first-order chi connectivity index (χ1) is 10.6. The summed E-state index contributed by atoms with van der Waals surface area (Å²) in [5.41, 5.74) is 0.505. The van der Waals surface area contributed by atoms with Crippen molar-refractivity contribution in [2.45, 2.75) is 12.8 Å². The zero-order valence-corrected chi connectivity index (χ0v) is 13.1. The standard InChI is InChI=1S/C14H20N4O3S/c19-14(12-3-4-13(15-9-12)16-22(20)21)18-7-5-17(6-8-18)10-11-1-2-11/h3-4,9,11H,1-2,5-8,10H2,(H,15,16)(H,20,21). The number of anilines is 1. The van der Waals surface area contributed by atoms with Crippen molar-refractivity contribution in [1.29, 1.82) is 0 Å². The van der Waals surface area contributed by atoms with Crippen LogP contribution in [0.5, 0.6) is 0 Å². The Labute approximate surface area is 132 Å². The van der Waals surface area contributed by atoms with Crippen molar-refractivity contribution in [2.24, 2.45) is 5.92 Å². The second kappa shape index (κ2) is 6.72. The van der Waals surface area contributed by atoms with Gasteiger partial charge in [0.15, 0.2) is 0 Å². The molecule has 0 radical (unpaired) electrons.